The zero-order valence-corrected chi connectivity index (χ0v) is 7.19. The van der Waals surface area contributed by atoms with E-state index >= 15 is 0 Å². The molecule has 0 saturated carbocycles. The Morgan fingerprint density at radius 3 is 3.09 bits per heavy atom. The fraction of sp³-hybridized carbons (Fsp3) is 0.375. The van der Waals surface area contributed by atoms with Crippen LogP contribution >= 0.6 is 11.8 Å². The highest BCUT2D eigenvalue weighted by Gasteiger charge is 1.96. The first-order valence-electron chi connectivity index (χ1n) is 3.37. The van der Waals surface area contributed by atoms with Gasteiger partial charge in [0.25, 0.3) is 0 Å². The molecule has 2 nitrogen and oxygen atoms in total. The summed E-state index contributed by atoms with van der Waals surface area (Å²) in [5.74, 6) is 1.67. The van der Waals surface area contributed by atoms with Crippen LogP contribution in [-0.2, 0) is 10.5 Å². The molecule has 0 unspecified atom stereocenters. The van der Waals surface area contributed by atoms with Crippen LogP contribution < -0.4 is 0 Å². The maximum atomic E-state index is 10.5. The molecule has 0 bridgehead atoms. The predicted octanol–water partition coefficient (Wildman–Crippen LogP) is 2.10. The molecule has 60 valence electrons. The van der Waals surface area contributed by atoms with Gasteiger partial charge in [-0.25, -0.2) is 0 Å². The Morgan fingerprint density at radius 2 is 2.55 bits per heavy atom. The van der Waals surface area contributed by atoms with Crippen molar-refractivity contribution < 1.29 is 9.21 Å². The second-order valence-corrected chi connectivity index (χ2v) is 3.31. The quantitative estimate of drug-likeness (QED) is 0.693. The molecule has 0 aromatic carbocycles. The molecule has 0 amide bonds. The van der Waals surface area contributed by atoms with Crippen molar-refractivity contribution in [1.82, 2.24) is 0 Å². The van der Waals surface area contributed by atoms with E-state index in [1.165, 1.54) is 0 Å². The SMILES string of the molecule is CC(=O)CSCc1ccoc1. The van der Waals surface area contributed by atoms with Crippen LogP contribution in [0.1, 0.15) is 12.5 Å². The molecule has 0 aliphatic heterocycles. The summed E-state index contributed by atoms with van der Waals surface area (Å²) in [6.07, 6.45) is 3.34. The van der Waals surface area contributed by atoms with Crippen LogP contribution in [0.25, 0.3) is 0 Å². The lowest BCUT2D eigenvalue weighted by Gasteiger charge is -1.93. The third-order valence-electron chi connectivity index (χ3n) is 1.15. The minimum Gasteiger partial charge on any atom is -0.472 e. The molecule has 0 spiro atoms. The largest absolute Gasteiger partial charge is 0.472 e. The Morgan fingerprint density at radius 1 is 1.73 bits per heavy atom. The highest BCUT2D eigenvalue weighted by atomic mass is 32.2. The minimum absolute atomic E-state index is 0.221. The summed E-state index contributed by atoms with van der Waals surface area (Å²) in [6.45, 7) is 1.60. The number of carbonyl (C=O) groups is 1. The van der Waals surface area contributed by atoms with Gasteiger partial charge in [0, 0.05) is 11.3 Å². The van der Waals surface area contributed by atoms with E-state index < -0.39 is 0 Å². The van der Waals surface area contributed by atoms with Gasteiger partial charge in [0.1, 0.15) is 5.78 Å². The lowest BCUT2D eigenvalue weighted by molar-refractivity contribution is -0.114. The first-order valence-corrected chi connectivity index (χ1v) is 4.53. The average molecular weight is 170 g/mol. The smallest absolute Gasteiger partial charge is 0.139 e. The van der Waals surface area contributed by atoms with Gasteiger partial charge < -0.3 is 4.42 Å². The molecule has 0 saturated heterocycles. The Labute approximate surface area is 70.0 Å². The van der Waals surface area contributed by atoms with Crippen LogP contribution in [0.4, 0.5) is 0 Å². The number of carbonyl (C=O) groups excluding carboxylic acids is 1. The molecule has 0 N–H and O–H groups in total. The number of hydrogen-bond acceptors (Lipinski definition) is 3. The lowest BCUT2D eigenvalue weighted by atomic mass is 10.4. The van der Waals surface area contributed by atoms with Crippen molar-refractivity contribution >= 4 is 17.5 Å². The minimum atomic E-state index is 0.221. The number of Topliss-reactive ketones (excluding diaryl/α,β-unsaturated/α-hetero) is 1. The summed E-state index contributed by atoms with van der Waals surface area (Å²) >= 11 is 1.61. The second-order valence-electron chi connectivity index (χ2n) is 2.33. The van der Waals surface area contributed by atoms with Crippen LogP contribution in [0.3, 0.4) is 0 Å². The first-order chi connectivity index (χ1) is 5.29. The fourth-order valence-corrected chi connectivity index (χ4v) is 1.48. The summed E-state index contributed by atoms with van der Waals surface area (Å²) in [5, 5.41) is 0. The molecule has 1 aromatic heterocycles. The third kappa shape index (κ3) is 3.28. The van der Waals surface area contributed by atoms with Gasteiger partial charge in [0.15, 0.2) is 0 Å². The van der Waals surface area contributed by atoms with Crippen LogP contribution in [-0.4, -0.2) is 11.5 Å². The molecular weight excluding hydrogens is 160 g/mol. The summed E-state index contributed by atoms with van der Waals surface area (Å²) in [6, 6.07) is 1.91. The molecule has 1 rings (SSSR count). The van der Waals surface area contributed by atoms with Gasteiger partial charge in [0.2, 0.25) is 0 Å². The highest BCUT2D eigenvalue weighted by molar-refractivity contribution is 7.99. The number of thioether (sulfide) groups is 1. The average Bonchev–Trinajstić information content (AvgIpc) is 2.39. The van der Waals surface area contributed by atoms with Gasteiger partial charge in [-0.15, -0.1) is 11.8 Å². The van der Waals surface area contributed by atoms with Crippen LogP contribution in [0.2, 0.25) is 0 Å². The molecule has 0 atom stereocenters. The van der Waals surface area contributed by atoms with E-state index in [9.17, 15) is 4.79 Å². The molecular formula is C8H10O2S. The van der Waals surface area contributed by atoms with Crippen molar-refractivity contribution in [2.24, 2.45) is 0 Å². The molecule has 0 radical (unpaired) electrons. The third-order valence-corrected chi connectivity index (χ3v) is 2.30. The summed E-state index contributed by atoms with van der Waals surface area (Å²) in [4.78, 5) is 10.5. The second kappa shape index (κ2) is 4.23. The van der Waals surface area contributed by atoms with Crippen molar-refractivity contribution in [3.63, 3.8) is 0 Å². The Bertz CT molecular complexity index is 216. The van der Waals surface area contributed by atoms with Gasteiger partial charge in [-0.05, 0) is 13.0 Å². The fourth-order valence-electron chi connectivity index (χ4n) is 0.687. The van der Waals surface area contributed by atoms with E-state index in [0.29, 0.717) is 5.75 Å². The van der Waals surface area contributed by atoms with Gasteiger partial charge in [0.05, 0.1) is 18.3 Å². The van der Waals surface area contributed by atoms with E-state index in [0.717, 1.165) is 11.3 Å². The van der Waals surface area contributed by atoms with Crippen LogP contribution in [0.15, 0.2) is 23.0 Å². The standard InChI is InChI=1S/C8H10O2S/c1-7(9)5-11-6-8-2-3-10-4-8/h2-4H,5-6H2,1H3. The molecule has 0 aliphatic carbocycles. The molecule has 3 heteroatoms. The number of rotatable bonds is 4. The molecule has 11 heavy (non-hydrogen) atoms. The van der Waals surface area contributed by atoms with Crippen molar-refractivity contribution in [2.45, 2.75) is 12.7 Å². The first kappa shape index (κ1) is 8.40. The van der Waals surface area contributed by atoms with E-state index in [4.69, 9.17) is 4.42 Å². The summed E-state index contributed by atoms with van der Waals surface area (Å²) in [5.41, 5.74) is 1.14. The van der Waals surface area contributed by atoms with E-state index in [2.05, 4.69) is 0 Å². The molecule has 1 heterocycles. The summed E-state index contributed by atoms with van der Waals surface area (Å²) in [7, 11) is 0. The number of ketones is 1. The predicted molar refractivity (Wildman–Crippen MR) is 45.6 cm³/mol. The monoisotopic (exact) mass is 170 g/mol. The maximum Gasteiger partial charge on any atom is 0.139 e. The highest BCUT2D eigenvalue weighted by Crippen LogP contribution is 2.11. The zero-order chi connectivity index (χ0) is 8.10. The Kier molecular flexibility index (Phi) is 3.23. The zero-order valence-electron chi connectivity index (χ0n) is 6.37. The van der Waals surface area contributed by atoms with Crippen molar-refractivity contribution in [1.29, 1.82) is 0 Å². The van der Waals surface area contributed by atoms with E-state index in [1.54, 1.807) is 31.2 Å². The van der Waals surface area contributed by atoms with Crippen molar-refractivity contribution in [3.8, 4) is 0 Å². The molecule has 1 aromatic rings. The molecule has 0 aliphatic rings. The normalized spacial score (nSPS) is 9.91. The van der Waals surface area contributed by atoms with E-state index in [-0.39, 0.29) is 5.78 Å². The number of hydrogen-bond donors (Lipinski definition) is 0. The topological polar surface area (TPSA) is 30.2 Å². The van der Waals surface area contributed by atoms with Crippen molar-refractivity contribution in [2.75, 3.05) is 5.75 Å². The van der Waals surface area contributed by atoms with Crippen molar-refractivity contribution in [3.05, 3.63) is 24.2 Å². The van der Waals surface area contributed by atoms with Gasteiger partial charge >= 0.3 is 0 Å². The van der Waals surface area contributed by atoms with E-state index in [1.807, 2.05) is 6.07 Å². The van der Waals surface area contributed by atoms with Gasteiger partial charge in [-0.2, -0.15) is 0 Å². The Balaban J connectivity index is 2.19. The van der Waals surface area contributed by atoms with Crippen LogP contribution in [0.5, 0.6) is 0 Å². The van der Waals surface area contributed by atoms with Crippen LogP contribution in [0, 0.1) is 0 Å². The number of furan rings is 1. The maximum absolute atomic E-state index is 10.5. The lowest BCUT2D eigenvalue weighted by Crippen LogP contribution is -1.93. The Hall–Kier alpha value is -0.700. The van der Waals surface area contributed by atoms with Gasteiger partial charge in [-0.1, -0.05) is 0 Å². The van der Waals surface area contributed by atoms with Gasteiger partial charge in [-0.3, -0.25) is 4.79 Å². The summed E-state index contributed by atoms with van der Waals surface area (Å²) < 4.78 is 4.87. The molecule has 0 fully saturated rings.